The zero-order valence-corrected chi connectivity index (χ0v) is 16.5. The summed E-state index contributed by atoms with van der Waals surface area (Å²) >= 11 is 37.1. The first kappa shape index (κ1) is 19.1. The predicted octanol–water partition coefficient (Wildman–Crippen LogP) is 7.22. The molecule has 0 N–H and O–H groups in total. The van der Waals surface area contributed by atoms with Gasteiger partial charge in [0.05, 0.1) is 44.4 Å². The number of rotatable bonds is 4. The minimum atomic E-state index is 0.227. The van der Waals surface area contributed by atoms with E-state index in [-0.39, 0.29) is 6.42 Å². The standard InChI is InChI=1S/C15H10Cl6O2/c1-22-14-6(12(20)8(16)4-10(14)18)3-7-13(21)9(17)5-11(19)15(7)23-2/h4-5H,3H2,1-2H3. The van der Waals surface area contributed by atoms with E-state index in [4.69, 9.17) is 79.1 Å². The van der Waals surface area contributed by atoms with Crippen molar-refractivity contribution in [3.8, 4) is 11.5 Å². The van der Waals surface area contributed by atoms with Gasteiger partial charge in [0.25, 0.3) is 0 Å². The molecule has 8 heteroatoms. The van der Waals surface area contributed by atoms with Crippen LogP contribution in [-0.2, 0) is 6.42 Å². The van der Waals surface area contributed by atoms with E-state index in [1.807, 2.05) is 0 Å². The van der Waals surface area contributed by atoms with E-state index < -0.39 is 0 Å². The van der Waals surface area contributed by atoms with Crippen molar-refractivity contribution >= 4 is 69.6 Å². The molecule has 2 nitrogen and oxygen atoms in total. The summed E-state index contributed by atoms with van der Waals surface area (Å²) in [5.74, 6) is 0.797. The molecule has 0 atom stereocenters. The fourth-order valence-electron chi connectivity index (χ4n) is 2.19. The van der Waals surface area contributed by atoms with Crippen molar-refractivity contribution in [1.82, 2.24) is 0 Å². The number of halogens is 6. The van der Waals surface area contributed by atoms with Crippen molar-refractivity contribution in [3.05, 3.63) is 53.4 Å². The molecule has 0 unspecified atom stereocenters. The van der Waals surface area contributed by atoms with Gasteiger partial charge in [-0.15, -0.1) is 0 Å². The van der Waals surface area contributed by atoms with Gasteiger partial charge in [-0.3, -0.25) is 0 Å². The summed E-state index contributed by atoms with van der Waals surface area (Å²) in [6, 6.07) is 3.02. The highest BCUT2D eigenvalue weighted by Crippen LogP contribution is 2.45. The van der Waals surface area contributed by atoms with Gasteiger partial charge >= 0.3 is 0 Å². The Morgan fingerprint density at radius 1 is 0.652 bits per heavy atom. The van der Waals surface area contributed by atoms with Crippen LogP contribution >= 0.6 is 69.6 Å². The van der Waals surface area contributed by atoms with Gasteiger partial charge < -0.3 is 9.47 Å². The molecule has 0 aliphatic rings. The zero-order valence-electron chi connectivity index (χ0n) is 11.9. The third-order valence-electron chi connectivity index (χ3n) is 3.20. The van der Waals surface area contributed by atoms with Gasteiger partial charge in [0.2, 0.25) is 0 Å². The van der Waals surface area contributed by atoms with Gasteiger partial charge in [-0.1, -0.05) is 69.6 Å². The predicted molar refractivity (Wildman–Crippen MR) is 98.9 cm³/mol. The molecule has 0 heterocycles. The van der Waals surface area contributed by atoms with E-state index in [1.54, 1.807) is 0 Å². The molecule has 0 radical (unpaired) electrons. The van der Waals surface area contributed by atoms with E-state index in [1.165, 1.54) is 26.4 Å². The van der Waals surface area contributed by atoms with E-state index in [0.29, 0.717) is 52.8 Å². The Balaban J connectivity index is 2.70. The van der Waals surface area contributed by atoms with Gasteiger partial charge in [0.15, 0.2) is 0 Å². The van der Waals surface area contributed by atoms with E-state index >= 15 is 0 Å². The lowest BCUT2D eigenvalue weighted by molar-refractivity contribution is 0.405. The van der Waals surface area contributed by atoms with Crippen LogP contribution in [0.25, 0.3) is 0 Å². The Labute approximate surface area is 164 Å². The van der Waals surface area contributed by atoms with Crippen LogP contribution in [0, 0.1) is 0 Å². The normalized spacial score (nSPS) is 10.8. The summed E-state index contributed by atoms with van der Waals surface area (Å²) in [5, 5.41) is 1.89. The molecular formula is C15H10Cl6O2. The number of hydrogen-bond donors (Lipinski definition) is 0. The molecule has 0 saturated heterocycles. The molecule has 0 fully saturated rings. The number of benzene rings is 2. The molecule has 2 aromatic carbocycles. The molecule has 2 rings (SSSR count). The molecule has 0 aliphatic carbocycles. The minimum Gasteiger partial charge on any atom is -0.495 e. The fraction of sp³-hybridized carbons (Fsp3) is 0.200. The average molecular weight is 435 g/mol. The molecule has 124 valence electrons. The van der Waals surface area contributed by atoms with E-state index in [0.717, 1.165) is 0 Å². The maximum atomic E-state index is 6.31. The fourth-order valence-corrected chi connectivity index (χ4v) is 3.76. The monoisotopic (exact) mass is 432 g/mol. The Morgan fingerprint density at radius 3 is 1.30 bits per heavy atom. The van der Waals surface area contributed by atoms with Crippen LogP contribution in [-0.4, -0.2) is 14.2 Å². The highest BCUT2D eigenvalue weighted by molar-refractivity contribution is 6.45. The maximum absolute atomic E-state index is 6.31. The van der Waals surface area contributed by atoms with Gasteiger partial charge in [-0.25, -0.2) is 0 Å². The first-order valence-corrected chi connectivity index (χ1v) is 8.49. The summed E-state index contributed by atoms with van der Waals surface area (Å²) < 4.78 is 10.7. The first-order chi connectivity index (χ1) is 10.8. The van der Waals surface area contributed by atoms with Gasteiger partial charge in [-0.05, 0) is 12.1 Å². The Bertz CT molecular complexity index is 697. The second-order valence-electron chi connectivity index (χ2n) is 4.51. The van der Waals surface area contributed by atoms with Crippen LogP contribution in [0.5, 0.6) is 11.5 Å². The third-order valence-corrected chi connectivity index (χ3v) is 5.41. The number of ether oxygens (including phenoxy) is 2. The van der Waals surface area contributed by atoms with Crippen LogP contribution in [0.2, 0.25) is 30.1 Å². The van der Waals surface area contributed by atoms with Crippen molar-refractivity contribution in [2.75, 3.05) is 14.2 Å². The summed E-state index contributed by atoms with van der Waals surface area (Å²) in [5.41, 5.74) is 1.12. The van der Waals surface area contributed by atoms with Crippen LogP contribution in [0.1, 0.15) is 11.1 Å². The van der Waals surface area contributed by atoms with Crippen molar-refractivity contribution in [1.29, 1.82) is 0 Å². The average Bonchev–Trinajstić information content (AvgIpc) is 2.49. The second kappa shape index (κ2) is 7.77. The molecule has 23 heavy (non-hydrogen) atoms. The van der Waals surface area contributed by atoms with E-state index in [2.05, 4.69) is 0 Å². The molecule has 0 bridgehead atoms. The summed E-state index contributed by atoms with van der Waals surface area (Å²) in [4.78, 5) is 0. The highest BCUT2D eigenvalue weighted by Gasteiger charge is 2.22. The van der Waals surface area contributed by atoms with Gasteiger partial charge in [0.1, 0.15) is 11.5 Å². The number of hydrogen-bond acceptors (Lipinski definition) is 2. The smallest absolute Gasteiger partial charge is 0.142 e. The largest absolute Gasteiger partial charge is 0.495 e. The SMILES string of the molecule is COc1c(Cl)cc(Cl)c(Cl)c1Cc1c(Cl)c(Cl)cc(Cl)c1OC. The summed E-state index contributed by atoms with van der Waals surface area (Å²) in [6.07, 6.45) is 0.227. The molecule has 2 aromatic rings. The molecule has 0 spiro atoms. The lowest BCUT2D eigenvalue weighted by Crippen LogP contribution is -2.01. The quantitative estimate of drug-likeness (QED) is 0.473. The van der Waals surface area contributed by atoms with Crippen LogP contribution < -0.4 is 9.47 Å². The minimum absolute atomic E-state index is 0.227. The Kier molecular flexibility index (Phi) is 6.46. The van der Waals surface area contributed by atoms with Crippen molar-refractivity contribution in [3.63, 3.8) is 0 Å². The van der Waals surface area contributed by atoms with Crippen molar-refractivity contribution in [2.45, 2.75) is 6.42 Å². The highest BCUT2D eigenvalue weighted by atomic mass is 35.5. The third kappa shape index (κ3) is 3.73. The van der Waals surface area contributed by atoms with Crippen molar-refractivity contribution < 1.29 is 9.47 Å². The summed E-state index contributed by atoms with van der Waals surface area (Å²) in [7, 11) is 2.97. The first-order valence-electron chi connectivity index (χ1n) is 6.22. The van der Waals surface area contributed by atoms with E-state index in [9.17, 15) is 0 Å². The lowest BCUT2D eigenvalue weighted by Gasteiger charge is -2.17. The van der Waals surface area contributed by atoms with Crippen LogP contribution in [0.4, 0.5) is 0 Å². The molecule has 0 aromatic heterocycles. The van der Waals surface area contributed by atoms with Crippen molar-refractivity contribution in [2.24, 2.45) is 0 Å². The Hall–Kier alpha value is -0.220. The van der Waals surface area contributed by atoms with Gasteiger partial charge in [0, 0.05) is 17.5 Å². The Morgan fingerprint density at radius 2 is 1.00 bits per heavy atom. The van der Waals surface area contributed by atoms with Crippen LogP contribution in [0.3, 0.4) is 0 Å². The topological polar surface area (TPSA) is 18.5 Å². The number of methoxy groups -OCH3 is 2. The molecule has 0 saturated carbocycles. The summed E-state index contributed by atoms with van der Waals surface area (Å²) in [6.45, 7) is 0. The maximum Gasteiger partial charge on any atom is 0.142 e. The second-order valence-corrected chi connectivity index (χ2v) is 6.89. The van der Waals surface area contributed by atoms with Gasteiger partial charge in [-0.2, -0.15) is 0 Å². The molecular weight excluding hydrogens is 425 g/mol. The lowest BCUT2D eigenvalue weighted by atomic mass is 10.0. The van der Waals surface area contributed by atoms with Crippen LogP contribution in [0.15, 0.2) is 12.1 Å². The molecule has 0 aliphatic heterocycles. The zero-order chi connectivity index (χ0) is 17.3. The molecule has 0 amide bonds.